The third-order valence-electron chi connectivity index (χ3n) is 5.40. The molecule has 1 aliphatic heterocycles. The van der Waals surface area contributed by atoms with Gasteiger partial charge in [0.1, 0.15) is 23.0 Å². The number of aromatic nitrogens is 1. The van der Waals surface area contributed by atoms with Gasteiger partial charge in [0.2, 0.25) is 0 Å². The molecule has 0 atom stereocenters. The summed E-state index contributed by atoms with van der Waals surface area (Å²) >= 11 is 0. The highest BCUT2D eigenvalue weighted by Gasteiger charge is 2.28. The average Bonchev–Trinajstić information content (AvgIpc) is 2.87. The van der Waals surface area contributed by atoms with E-state index in [0.717, 1.165) is 38.6 Å². The number of carbonyl (C=O) groups is 1. The summed E-state index contributed by atoms with van der Waals surface area (Å²) in [4.78, 5) is 21.5. The maximum Gasteiger partial charge on any atom is 0.272 e. The van der Waals surface area contributed by atoms with Gasteiger partial charge in [0.15, 0.2) is 0 Å². The fraction of sp³-hybridized carbons (Fsp3) is 0.429. The molecule has 0 bridgehead atoms. The zero-order valence-corrected chi connectivity index (χ0v) is 15.3. The molecule has 0 N–H and O–H groups in total. The van der Waals surface area contributed by atoms with Gasteiger partial charge < -0.3 is 9.64 Å². The molecular formula is C21H24FN3O2. The summed E-state index contributed by atoms with van der Waals surface area (Å²) in [5, 5.41) is 0. The van der Waals surface area contributed by atoms with Crippen LogP contribution in [0.15, 0.2) is 42.6 Å². The topological polar surface area (TPSA) is 45.7 Å². The lowest BCUT2D eigenvalue weighted by atomic mass is 9.91. The van der Waals surface area contributed by atoms with E-state index >= 15 is 0 Å². The van der Waals surface area contributed by atoms with Gasteiger partial charge in [-0.25, -0.2) is 9.37 Å². The van der Waals surface area contributed by atoms with Gasteiger partial charge in [-0.15, -0.1) is 0 Å². The number of rotatable bonds is 4. The standard InChI is InChI=1S/C21H24FN3O2/c22-16-4-1-7-18(14-16)27-19-8-9-20(23-15-19)21(26)25-11-3-10-24(12-13-25)17-5-2-6-17/h1,4,7-9,14-15,17H,2-3,5-6,10-13H2. The number of carbonyl (C=O) groups excluding carboxylic acids is 1. The van der Waals surface area contributed by atoms with Crippen molar-refractivity contribution in [1.82, 2.24) is 14.8 Å². The lowest BCUT2D eigenvalue weighted by molar-refractivity contribution is 0.0744. The Morgan fingerprint density at radius 2 is 1.93 bits per heavy atom. The van der Waals surface area contributed by atoms with Gasteiger partial charge in [-0.2, -0.15) is 0 Å². The van der Waals surface area contributed by atoms with Gasteiger partial charge in [-0.05, 0) is 43.5 Å². The van der Waals surface area contributed by atoms with E-state index in [1.807, 2.05) is 4.90 Å². The van der Waals surface area contributed by atoms with Gasteiger partial charge in [0, 0.05) is 38.3 Å². The molecule has 4 rings (SSSR count). The van der Waals surface area contributed by atoms with E-state index in [1.165, 1.54) is 37.6 Å². The molecule has 2 aliphatic rings. The second kappa shape index (κ2) is 8.05. The van der Waals surface area contributed by atoms with E-state index < -0.39 is 0 Å². The van der Waals surface area contributed by atoms with Crippen molar-refractivity contribution in [1.29, 1.82) is 0 Å². The van der Waals surface area contributed by atoms with Gasteiger partial charge in [0.05, 0.1) is 6.20 Å². The molecule has 6 heteroatoms. The van der Waals surface area contributed by atoms with Crippen molar-refractivity contribution < 1.29 is 13.9 Å². The van der Waals surface area contributed by atoms with Crippen molar-refractivity contribution in [3.05, 3.63) is 54.1 Å². The van der Waals surface area contributed by atoms with Crippen LogP contribution in [-0.2, 0) is 0 Å². The fourth-order valence-electron chi connectivity index (χ4n) is 3.65. The second-order valence-corrected chi connectivity index (χ2v) is 7.21. The molecule has 5 nitrogen and oxygen atoms in total. The summed E-state index contributed by atoms with van der Waals surface area (Å²) in [6.45, 7) is 3.53. The molecule has 2 aromatic rings. The molecule has 1 saturated heterocycles. The van der Waals surface area contributed by atoms with Crippen molar-refractivity contribution in [3.63, 3.8) is 0 Å². The van der Waals surface area contributed by atoms with Gasteiger partial charge in [-0.3, -0.25) is 9.69 Å². The maximum absolute atomic E-state index is 13.2. The Labute approximate surface area is 158 Å². The molecule has 0 unspecified atom stereocenters. The van der Waals surface area contributed by atoms with Crippen LogP contribution in [0.2, 0.25) is 0 Å². The highest BCUT2D eigenvalue weighted by Crippen LogP contribution is 2.26. The molecule has 2 fully saturated rings. The first-order chi connectivity index (χ1) is 13.2. The third kappa shape index (κ3) is 4.27. The Bertz CT molecular complexity index is 792. The summed E-state index contributed by atoms with van der Waals surface area (Å²) in [5.41, 5.74) is 0.415. The van der Waals surface area contributed by atoms with Crippen LogP contribution in [0.1, 0.15) is 36.2 Å². The zero-order chi connectivity index (χ0) is 18.6. The maximum atomic E-state index is 13.2. The molecule has 1 amide bonds. The van der Waals surface area contributed by atoms with Crippen LogP contribution in [0, 0.1) is 5.82 Å². The third-order valence-corrected chi connectivity index (χ3v) is 5.40. The molecule has 27 heavy (non-hydrogen) atoms. The molecule has 1 aromatic carbocycles. The highest BCUT2D eigenvalue weighted by molar-refractivity contribution is 5.92. The van der Waals surface area contributed by atoms with Crippen LogP contribution in [0.4, 0.5) is 4.39 Å². The number of benzene rings is 1. The van der Waals surface area contributed by atoms with Crippen LogP contribution < -0.4 is 4.74 Å². The minimum atomic E-state index is -0.357. The number of hydrogen-bond donors (Lipinski definition) is 0. The molecule has 1 aromatic heterocycles. The highest BCUT2D eigenvalue weighted by atomic mass is 19.1. The van der Waals surface area contributed by atoms with E-state index in [9.17, 15) is 9.18 Å². The summed E-state index contributed by atoms with van der Waals surface area (Å²) in [5.74, 6) is 0.482. The summed E-state index contributed by atoms with van der Waals surface area (Å²) in [6.07, 6.45) is 6.43. The molecule has 1 saturated carbocycles. The Hall–Kier alpha value is -2.47. The van der Waals surface area contributed by atoms with Gasteiger partial charge >= 0.3 is 0 Å². The Morgan fingerprint density at radius 3 is 2.63 bits per heavy atom. The molecule has 0 radical (unpaired) electrons. The van der Waals surface area contributed by atoms with Crippen LogP contribution in [0.25, 0.3) is 0 Å². The summed E-state index contributed by atoms with van der Waals surface area (Å²) in [6, 6.07) is 10.0. The van der Waals surface area contributed by atoms with Crippen molar-refractivity contribution in [2.75, 3.05) is 26.2 Å². The smallest absolute Gasteiger partial charge is 0.272 e. The molecule has 2 heterocycles. The van der Waals surface area contributed by atoms with E-state index in [-0.39, 0.29) is 11.7 Å². The second-order valence-electron chi connectivity index (χ2n) is 7.21. The molecule has 0 spiro atoms. The molecular weight excluding hydrogens is 345 g/mol. The monoisotopic (exact) mass is 369 g/mol. The zero-order valence-electron chi connectivity index (χ0n) is 15.3. The van der Waals surface area contributed by atoms with Crippen LogP contribution in [0.5, 0.6) is 11.5 Å². The minimum absolute atomic E-state index is 0.0391. The van der Waals surface area contributed by atoms with Gasteiger partial charge in [-0.1, -0.05) is 12.5 Å². The predicted molar refractivity (Wildman–Crippen MR) is 100 cm³/mol. The van der Waals surface area contributed by atoms with Crippen molar-refractivity contribution in [3.8, 4) is 11.5 Å². The van der Waals surface area contributed by atoms with E-state index in [2.05, 4.69) is 9.88 Å². The number of halogens is 1. The summed E-state index contributed by atoms with van der Waals surface area (Å²) < 4.78 is 18.8. The number of ether oxygens (including phenoxy) is 1. The number of amides is 1. The average molecular weight is 369 g/mol. The molecule has 1 aliphatic carbocycles. The Kier molecular flexibility index (Phi) is 5.34. The largest absolute Gasteiger partial charge is 0.456 e. The number of hydrogen-bond acceptors (Lipinski definition) is 4. The number of nitrogens with zero attached hydrogens (tertiary/aromatic N) is 3. The summed E-state index contributed by atoms with van der Waals surface area (Å²) in [7, 11) is 0. The van der Waals surface area contributed by atoms with Crippen LogP contribution in [0.3, 0.4) is 0 Å². The normalized spacial score (nSPS) is 18.6. The quantitative estimate of drug-likeness (QED) is 0.824. The first-order valence-corrected chi connectivity index (χ1v) is 9.62. The fourth-order valence-corrected chi connectivity index (χ4v) is 3.65. The predicted octanol–water partition coefficient (Wildman–Crippen LogP) is 3.71. The first kappa shape index (κ1) is 17.9. The Morgan fingerprint density at radius 1 is 1.04 bits per heavy atom. The van der Waals surface area contributed by atoms with Crippen LogP contribution >= 0.6 is 0 Å². The first-order valence-electron chi connectivity index (χ1n) is 9.62. The van der Waals surface area contributed by atoms with E-state index in [4.69, 9.17) is 4.74 Å². The Balaban J connectivity index is 1.37. The van der Waals surface area contributed by atoms with E-state index in [0.29, 0.717) is 17.2 Å². The lowest BCUT2D eigenvalue weighted by Gasteiger charge is -2.36. The van der Waals surface area contributed by atoms with Crippen molar-refractivity contribution in [2.24, 2.45) is 0 Å². The van der Waals surface area contributed by atoms with Gasteiger partial charge in [0.25, 0.3) is 5.91 Å². The lowest BCUT2D eigenvalue weighted by Crippen LogP contribution is -2.42. The minimum Gasteiger partial charge on any atom is -0.456 e. The van der Waals surface area contributed by atoms with Crippen molar-refractivity contribution >= 4 is 5.91 Å². The van der Waals surface area contributed by atoms with E-state index in [1.54, 1.807) is 24.3 Å². The SMILES string of the molecule is O=C(c1ccc(Oc2cccc(F)c2)cn1)N1CCCN(C2CCC2)CC1. The number of pyridine rings is 1. The van der Waals surface area contributed by atoms with Crippen molar-refractivity contribution in [2.45, 2.75) is 31.7 Å². The van der Waals surface area contributed by atoms with Crippen LogP contribution in [-0.4, -0.2) is 52.9 Å². The molecule has 142 valence electrons.